The number of oxazole rings is 1. The summed E-state index contributed by atoms with van der Waals surface area (Å²) < 4.78 is 28.7. The largest absolute Gasteiger partial charge is 0.419 e. The van der Waals surface area contributed by atoms with Gasteiger partial charge >= 0.3 is 7.60 Å². The van der Waals surface area contributed by atoms with Gasteiger partial charge in [-0.1, -0.05) is 36.4 Å². The van der Waals surface area contributed by atoms with Crippen LogP contribution < -0.4 is 10.8 Å². The molecule has 0 saturated heterocycles. The van der Waals surface area contributed by atoms with E-state index in [9.17, 15) is 4.57 Å². The zero-order chi connectivity index (χ0) is 17.0. The topological polar surface area (TPSA) is 73.6 Å². The van der Waals surface area contributed by atoms with Crippen LogP contribution >= 0.6 is 18.9 Å². The SMILES string of the molecule is COP(=O)(OC)c1nc(-c2cccs2)oc1NCc1ccccc1. The maximum absolute atomic E-state index is 12.8. The number of hydrogen-bond acceptors (Lipinski definition) is 7. The van der Waals surface area contributed by atoms with E-state index in [-0.39, 0.29) is 11.3 Å². The van der Waals surface area contributed by atoms with E-state index in [1.165, 1.54) is 25.6 Å². The van der Waals surface area contributed by atoms with Gasteiger partial charge in [-0.15, -0.1) is 11.3 Å². The van der Waals surface area contributed by atoms with Crippen molar-refractivity contribution in [3.05, 3.63) is 53.4 Å². The van der Waals surface area contributed by atoms with Crippen LogP contribution in [0.25, 0.3) is 10.8 Å². The van der Waals surface area contributed by atoms with Gasteiger partial charge in [0.25, 0.3) is 0 Å². The van der Waals surface area contributed by atoms with Crippen LogP contribution in [0.5, 0.6) is 0 Å². The monoisotopic (exact) mass is 364 g/mol. The lowest BCUT2D eigenvalue weighted by Gasteiger charge is -2.12. The van der Waals surface area contributed by atoms with E-state index in [4.69, 9.17) is 13.5 Å². The van der Waals surface area contributed by atoms with Crippen molar-refractivity contribution in [2.75, 3.05) is 19.5 Å². The summed E-state index contributed by atoms with van der Waals surface area (Å²) in [6, 6.07) is 13.6. The summed E-state index contributed by atoms with van der Waals surface area (Å²) >= 11 is 1.48. The Balaban J connectivity index is 1.95. The molecule has 0 bridgehead atoms. The first-order chi connectivity index (χ1) is 11.7. The van der Waals surface area contributed by atoms with Crippen LogP contribution in [-0.2, 0) is 20.2 Å². The summed E-state index contributed by atoms with van der Waals surface area (Å²) in [4.78, 5) is 5.18. The normalized spacial score (nSPS) is 11.6. The average Bonchev–Trinajstić information content (AvgIpc) is 3.30. The predicted octanol–water partition coefficient (Wildman–Crippen LogP) is 4.13. The van der Waals surface area contributed by atoms with Gasteiger partial charge in [0.15, 0.2) is 0 Å². The highest BCUT2D eigenvalue weighted by atomic mass is 32.1. The van der Waals surface area contributed by atoms with Gasteiger partial charge < -0.3 is 18.8 Å². The lowest BCUT2D eigenvalue weighted by Crippen LogP contribution is -2.14. The van der Waals surface area contributed by atoms with Crippen molar-refractivity contribution in [2.45, 2.75) is 6.54 Å². The highest BCUT2D eigenvalue weighted by Gasteiger charge is 2.34. The van der Waals surface area contributed by atoms with Crippen LogP contribution in [-0.4, -0.2) is 19.2 Å². The second-order valence-corrected chi connectivity index (χ2v) is 7.95. The average molecular weight is 364 g/mol. The van der Waals surface area contributed by atoms with E-state index in [0.29, 0.717) is 12.4 Å². The molecule has 24 heavy (non-hydrogen) atoms. The van der Waals surface area contributed by atoms with Gasteiger partial charge in [-0.05, 0) is 17.0 Å². The molecule has 0 unspecified atom stereocenters. The summed E-state index contributed by atoms with van der Waals surface area (Å²) in [7, 11) is -0.888. The third-order valence-electron chi connectivity index (χ3n) is 3.38. The fourth-order valence-corrected chi connectivity index (χ4v) is 3.87. The Labute approximate surface area is 144 Å². The minimum Gasteiger partial charge on any atom is -0.419 e. The van der Waals surface area contributed by atoms with Crippen molar-refractivity contribution in [3.8, 4) is 10.8 Å². The lowest BCUT2D eigenvalue weighted by molar-refractivity contribution is 0.286. The molecule has 3 rings (SSSR count). The van der Waals surface area contributed by atoms with E-state index in [2.05, 4.69) is 10.3 Å². The number of anilines is 1. The van der Waals surface area contributed by atoms with Crippen LogP contribution in [0.15, 0.2) is 52.3 Å². The van der Waals surface area contributed by atoms with E-state index in [1.54, 1.807) is 0 Å². The first-order valence-electron chi connectivity index (χ1n) is 7.21. The zero-order valence-corrected chi connectivity index (χ0v) is 15.0. The summed E-state index contributed by atoms with van der Waals surface area (Å²) in [5.74, 6) is 0.666. The van der Waals surface area contributed by atoms with Crippen LogP contribution in [0.3, 0.4) is 0 Å². The maximum Gasteiger partial charge on any atom is 0.384 e. The third-order valence-corrected chi connectivity index (χ3v) is 6.02. The lowest BCUT2D eigenvalue weighted by atomic mass is 10.2. The molecule has 2 heterocycles. The fraction of sp³-hybridized carbons (Fsp3) is 0.188. The molecule has 2 aromatic heterocycles. The molecule has 0 radical (unpaired) electrons. The minimum atomic E-state index is -3.54. The van der Waals surface area contributed by atoms with Crippen molar-refractivity contribution < 1.29 is 18.0 Å². The molecule has 3 aromatic rings. The summed E-state index contributed by atoms with van der Waals surface area (Å²) in [5, 5.41) is 5.05. The molecule has 0 atom stereocenters. The number of hydrogen-bond donors (Lipinski definition) is 1. The van der Waals surface area contributed by atoms with Gasteiger partial charge in [0.2, 0.25) is 17.2 Å². The van der Waals surface area contributed by atoms with E-state index < -0.39 is 7.60 Å². The van der Waals surface area contributed by atoms with E-state index in [0.717, 1.165) is 10.4 Å². The number of nitrogens with one attached hydrogen (secondary N) is 1. The molecule has 0 amide bonds. The van der Waals surface area contributed by atoms with Crippen molar-refractivity contribution in [3.63, 3.8) is 0 Å². The van der Waals surface area contributed by atoms with Gasteiger partial charge in [-0.25, -0.2) is 0 Å². The smallest absolute Gasteiger partial charge is 0.384 e. The third kappa shape index (κ3) is 3.44. The molecule has 126 valence electrons. The van der Waals surface area contributed by atoms with E-state index in [1.807, 2.05) is 47.8 Å². The van der Waals surface area contributed by atoms with Crippen molar-refractivity contribution in [2.24, 2.45) is 0 Å². The predicted molar refractivity (Wildman–Crippen MR) is 94.8 cm³/mol. The molecule has 0 aliphatic heterocycles. The van der Waals surface area contributed by atoms with Gasteiger partial charge in [0, 0.05) is 20.8 Å². The Morgan fingerprint density at radius 2 is 1.92 bits per heavy atom. The number of aromatic nitrogens is 1. The number of rotatable bonds is 7. The van der Waals surface area contributed by atoms with Crippen LogP contribution in [0.4, 0.5) is 5.88 Å². The number of benzene rings is 1. The highest BCUT2D eigenvalue weighted by molar-refractivity contribution is 7.62. The second-order valence-electron chi connectivity index (χ2n) is 4.85. The Kier molecular flexibility index (Phi) is 5.16. The van der Waals surface area contributed by atoms with Gasteiger partial charge in [-0.3, -0.25) is 4.57 Å². The van der Waals surface area contributed by atoms with E-state index >= 15 is 0 Å². The maximum atomic E-state index is 12.8. The van der Waals surface area contributed by atoms with Crippen molar-refractivity contribution >= 4 is 30.3 Å². The van der Waals surface area contributed by atoms with Crippen LogP contribution in [0, 0.1) is 0 Å². The molecule has 8 heteroatoms. The second kappa shape index (κ2) is 7.32. The standard InChI is InChI=1S/C16H17N2O4PS/c1-20-23(19,21-2)16-15(17-11-12-7-4-3-5-8-12)22-14(18-16)13-9-6-10-24-13/h3-10,17H,11H2,1-2H3. The van der Waals surface area contributed by atoms with Crippen molar-refractivity contribution in [1.29, 1.82) is 0 Å². The van der Waals surface area contributed by atoms with Crippen LogP contribution in [0.2, 0.25) is 0 Å². The summed E-state index contributed by atoms with van der Waals surface area (Å²) in [6.45, 7) is 0.500. The van der Waals surface area contributed by atoms with Gasteiger partial charge in [0.1, 0.15) is 0 Å². The Morgan fingerprint density at radius 1 is 1.17 bits per heavy atom. The van der Waals surface area contributed by atoms with Crippen LogP contribution in [0.1, 0.15) is 5.56 Å². The molecule has 0 aliphatic rings. The Bertz CT molecular complexity index is 825. The number of thiophene rings is 1. The molecule has 6 nitrogen and oxygen atoms in total. The van der Waals surface area contributed by atoms with Gasteiger partial charge in [-0.2, -0.15) is 4.98 Å². The minimum absolute atomic E-state index is 0.145. The fourth-order valence-electron chi connectivity index (χ4n) is 2.14. The summed E-state index contributed by atoms with van der Waals surface area (Å²) in [5.41, 5.74) is 1.20. The first-order valence-corrected chi connectivity index (χ1v) is 9.63. The highest BCUT2D eigenvalue weighted by Crippen LogP contribution is 2.47. The van der Waals surface area contributed by atoms with Crippen molar-refractivity contribution in [1.82, 2.24) is 4.98 Å². The molecular weight excluding hydrogens is 347 g/mol. The first kappa shape index (κ1) is 16.9. The molecule has 0 spiro atoms. The Hall–Kier alpha value is -1.92. The molecule has 0 aliphatic carbocycles. The Morgan fingerprint density at radius 3 is 2.54 bits per heavy atom. The molecule has 1 N–H and O–H groups in total. The zero-order valence-electron chi connectivity index (χ0n) is 13.3. The summed E-state index contributed by atoms with van der Waals surface area (Å²) in [6.07, 6.45) is 0. The quantitative estimate of drug-likeness (QED) is 0.636. The number of nitrogens with zero attached hydrogens (tertiary/aromatic N) is 1. The molecule has 0 fully saturated rings. The molecular formula is C16H17N2O4PS. The molecule has 0 saturated carbocycles. The van der Waals surface area contributed by atoms with Gasteiger partial charge in [0.05, 0.1) is 4.88 Å². The molecule has 1 aromatic carbocycles.